The zero-order chi connectivity index (χ0) is 10.9. The van der Waals surface area contributed by atoms with Gasteiger partial charge in [0.2, 0.25) is 0 Å². The van der Waals surface area contributed by atoms with Gasteiger partial charge in [-0.2, -0.15) is 0 Å². The predicted octanol–water partition coefficient (Wildman–Crippen LogP) is 3.04. The van der Waals surface area contributed by atoms with Gasteiger partial charge in [0.1, 0.15) is 12.4 Å². The van der Waals surface area contributed by atoms with E-state index in [1.165, 1.54) is 5.56 Å². The molecule has 0 fully saturated rings. The number of hydrogen-bond acceptors (Lipinski definition) is 2. The molecule has 0 atom stereocenters. The standard InChI is InChI=1S/C12H17BrO2/c1-2-11-3-5-12(6-4-11)15-10-9-14-8-7-13/h3-6H,2,7-10H2,1H3. The first kappa shape index (κ1) is 12.5. The molecule has 0 N–H and O–H groups in total. The van der Waals surface area contributed by atoms with E-state index in [0.29, 0.717) is 13.2 Å². The second-order valence-corrected chi connectivity index (χ2v) is 3.94. The SMILES string of the molecule is CCc1ccc(OCCOCCBr)cc1. The maximum absolute atomic E-state index is 5.51. The van der Waals surface area contributed by atoms with Gasteiger partial charge in [-0.25, -0.2) is 0 Å². The first-order valence-electron chi connectivity index (χ1n) is 5.22. The second-order valence-electron chi connectivity index (χ2n) is 3.15. The number of hydrogen-bond donors (Lipinski definition) is 0. The summed E-state index contributed by atoms with van der Waals surface area (Å²) < 4.78 is 10.8. The average Bonchev–Trinajstić information content (AvgIpc) is 2.30. The lowest BCUT2D eigenvalue weighted by Gasteiger charge is -2.06. The quantitative estimate of drug-likeness (QED) is 0.561. The molecule has 0 unspecified atom stereocenters. The van der Waals surface area contributed by atoms with Crippen LogP contribution in [0.1, 0.15) is 12.5 Å². The van der Waals surface area contributed by atoms with Gasteiger partial charge in [-0.05, 0) is 24.1 Å². The highest BCUT2D eigenvalue weighted by atomic mass is 79.9. The van der Waals surface area contributed by atoms with E-state index in [2.05, 4.69) is 35.0 Å². The van der Waals surface area contributed by atoms with E-state index in [-0.39, 0.29) is 0 Å². The Morgan fingerprint density at radius 3 is 2.40 bits per heavy atom. The van der Waals surface area contributed by atoms with Gasteiger partial charge in [-0.1, -0.05) is 35.0 Å². The van der Waals surface area contributed by atoms with Crippen molar-refractivity contribution < 1.29 is 9.47 Å². The third kappa shape index (κ3) is 5.19. The van der Waals surface area contributed by atoms with Crippen molar-refractivity contribution in [3.63, 3.8) is 0 Å². The number of aryl methyl sites for hydroxylation is 1. The molecule has 2 nitrogen and oxygen atoms in total. The molecule has 0 saturated heterocycles. The number of halogens is 1. The fourth-order valence-electron chi connectivity index (χ4n) is 1.20. The van der Waals surface area contributed by atoms with Crippen molar-refractivity contribution in [3.05, 3.63) is 29.8 Å². The van der Waals surface area contributed by atoms with Crippen molar-refractivity contribution >= 4 is 15.9 Å². The van der Waals surface area contributed by atoms with E-state index in [1.807, 2.05) is 12.1 Å². The van der Waals surface area contributed by atoms with Crippen molar-refractivity contribution in [1.29, 1.82) is 0 Å². The number of benzene rings is 1. The van der Waals surface area contributed by atoms with Gasteiger partial charge in [0.15, 0.2) is 0 Å². The summed E-state index contributed by atoms with van der Waals surface area (Å²) in [7, 11) is 0. The number of alkyl halides is 1. The molecule has 0 spiro atoms. The van der Waals surface area contributed by atoms with Crippen LogP contribution < -0.4 is 4.74 Å². The van der Waals surface area contributed by atoms with Gasteiger partial charge < -0.3 is 9.47 Å². The number of rotatable bonds is 7. The number of ether oxygens (including phenoxy) is 2. The lowest BCUT2D eigenvalue weighted by Crippen LogP contribution is -2.07. The molecule has 15 heavy (non-hydrogen) atoms. The van der Waals surface area contributed by atoms with Gasteiger partial charge in [-0.3, -0.25) is 0 Å². The zero-order valence-corrected chi connectivity index (χ0v) is 10.6. The van der Waals surface area contributed by atoms with E-state index in [9.17, 15) is 0 Å². The fourth-order valence-corrected chi connectivity index (χ4v) is 1.43. The molecule has 0 aliphatic carbocycles. The summed E-state index contributed by atoms with van der Waals surface area (Å²) >= 11 is 3.30. The van der Waals surface area contributed by atoms with Crippen LogP contribution in [0.5, 0.6) is 5.75 Å². The van der Waals surface area contributed by atoms with E-state index in [0.717, 1.165) is 24.1 Å². The third-order valence-corrected chi connectivity index (χ3v) is 2.37. The van der Waals surface area contributed by atoms with Crippen molar-refractivity contribution in [1.82, 2.24) is 0 Å². The summed E-state index contributed by atoms with van der Waals surface area (Å²) in [6, 6.07) is 8.19. The molecule has 3 heteroatoms. The molecule has 0 bridgehead atoms. The topological polar surface area (TPSA) is 18.5 Å². The zero-order valence-electron chi connectivity index (χ0n) is 9.04. The lowest BCUT2D eigenvalue weighted by atomic mass is 10.2. The Morgan fingerprint density at radius 1 is 1.07 bits per heavy atom. The maximum atomic E-state index is 5.51. The first-order valence-corrected chi connectivity index (χ1v) is 6.34. The first-order chi connectivity index (χ1) is 7.36. The van der Waals surface area contributed by atoms with E-state index < -0.39 is 0 Å². The molecule has 1 aromatic rings. The Morgan fingerprint density at radius 2 is 1.80 bits per heavy atom. The predicted molar refractivity (Wildman–Crippen MR) is 65.9 cm³/mol. The highest BCUT2D eigenvalue weighted by Gasteiger charge is 1.94. The van der Waals surface area contributed by atoms with Gasteiger partial charge >= 0.3 is 0 Å². The van der Waals surface area contributed by atoms with Crippen LogP contribution in [0.25, 0.3) is 0 Å². The van der Waals surface area contributed by atoms with Crippen molar-refractivity contribution in [2.24, 2.45) is 0 Å². The minimum absolute atomic E-state index is 0.610. The molecule has 0 aliphatic rings. The molecule has 0 saturated carbocycles. The summed E-state index contributed by atoms with van der Waals surface area (Å²) in [5.41, 5.74) is 1.33. The monoisotopic (exact) mass is 272 g/mol. The highest BCUT2D eigenvalue weighted by molar-refractivity contribution is 9.09. The maximum Gasteiger partial charge on any atom is 0.119 e. The summed E-state index contributed by atoms with van der Waals surface area (Å²) in [5.74, 6) is 0.912. The van der Waals surface area contributed by atoms with Crippen molar-refractivity contribution in [3.8, 4) is 5.75 Å². The molecule has 0 amide bonds. The fraction of sp³-hybridized carbons (Fsp3) is 0.500. The van der Waals surface area contributed by atoms with E-state index in [4.69, 9.17) is 9.47 Å². The van der Waals surface area contributed by atoms with Crippen LogP contribution in [0.3, 0.4) is 0 Å². The smallest absolute Gasteiger partial charge is 0.119 e. The Hall–Kier alpha value is -0.540. The van der Waals surface area contributed by atoms with Crippen LogP contribution in [-0.2, 0) is 11.2 Å². The molecule has 84 valence electrons. The van der Waals surface area contributed by atoms with Crippen LogP contribution in [0.4, 0.5) is 0 Å². The van der Waals surface area contributed by atoms with Crippen LogP contribution in [-0.4, -0.2) is 25.2 Å². The average molecular weight is 273 g/mol. The lowest BCUT2D eigenvalue weighted by molar-refractivity contribution is 0.112. The summed E-state index contributed by atoms with van der Waals surface area (Å²) in [6.45, 7) is 4.13. The molecule has 0 heterocycles. The van der Waals surface area contributed by atoms with Gasteiger partial charge in [0.05, 0.1) is 13.2 Å². The van der Waals surface area contributed by atoms with Crippen molar-refractivity contribution in [2.75, 3.05) is 25.2 Å². The van der Waals surface area contributed by atoms with Gasteiger partial charge in [-0.15, -0.1) is 0 Å². The minimum atomic E-state index is 0.610. The van der Waals surface area contributed by atoms with Crippen LogP contribution in [0.2, 0.25) is 0 Å². The minimum Gasteiger partial charge on any atom is -0.491 e. The molecular formula is C12H17BrO2. The Balaban J connectivity index is 2.20. The third-order valence-electron chi connectivity index (χ3n) is 2.05. The van der Waals surface area contributed by atoms with E-state index >= 15 is 0 Å². The van der Waals surface area contributed by atoms with Crippen molar-refractivity contribution in [2.45, 2.75) is 13.3 Å². The molecule has 0 aliphatic heterocycles. The molecular weight excluding hydrogens is 256 g/mol. The molecule has 0 radical (unpaired) electrons. The Labute approximate surface area is 99.7 Å². The molecule has 0 aromatic heterocycles. The highest BCUT2D eigenvalue weighted by Crippen LogP contribution is 2.12. The molecule has 1 rings (SSSR count). The normalized spacial score (nSPS) is 10.3. The summed E-state index contributed by atoms with van der Waals surface area (Å²) in [4.78, 5) is 0. The van der Waals surface area contributed by atoms with Crippen LogP contribution >= 0.6 is 15.9 Å². The Bertz CT molecular complexity index is 259. The van der Waals surface area contributed by atoms with Gasteiger partial charge in [0, 0.05) is 5.33 Å². The largest absolute Gasteiger partial charge is 0.491 e. The van der Waals surface area contributed by atoms with Gasteiger partial charge in [0.25, 0.3) is 0 Å². The Kier molecular flexibility index (Phi) is 6.44. The van der Waals surface area contributed by atoms with Crippen LogP contribution in [0.15, 0.2) is 24.3 Å². The summed E-state index contributed by atoms with van der Waals surface area (Å²) in [6.07, 6.45) is 1.06. The molecule has 1 aromatic carbocycles. The van der Waals surface area contributed by atoms with E-state index in [1.54, 1.807) is 0 Å². The summed E-state index contributed by atoms with van der Waals surface area (Å²) in [5, 5.41) is 0.873. The second kappa shape index (κ2) is 7.71. The van der Waals surface area contributed by atoms with Crippen LogP contribution in [0, 0.1) is 0 Å².